The van der Waals surface area contributed by atoms with Crippen LogP contribution < -0.4 is 9.47 Å². The van der Waals surface area contributed by atoms with E-state index in [0.29, 0.717) is 17.9 Å². The van der Waals surface area contributed by atoms with Gasteiger partial charge in [0.25, 0.3) is 0 Å². The number of benzene rings is 3. The fourth-order valence-corrected chi connectivity index (χ4v) is 2.67. The molecule has 0 unspecified atom stereocenters. The van der Waals surface area contributed by atoms with Gasteiger partial charge >= 0.3 is 5.97 Å². The van der Waals surface area contributed by atoms with Gasteiger partial charge in [-0.3, -0.25) is 0 Å². The third-order valence-electron chi connectivity index (χ3n) is 3.88. The molecule has 0 aliphatic carbocycles. The summed E-state index contributed by atoms with van der Waals surface area (Å²) in [5.74, 6) is 0.983. The van der Waals surface area contributed by atoms with Crippen molar-refractivity contribution in [3.8, 4) is 11.5 Å². The van der Waals surface area contributed by atoms with Crippen molar-refractivity contribution >= 4 is 5.97 Å². The van der Waals surface area contributed by atoms with Gasteiger partial charge in [-0.15, -0.1) is 0 Å². The molecule has 3 aromatic rings. The summed E-state index contributed by atoms with van der Waals surface area (Å²) in [7, 11) is 0. The van der Waals surface area contributed by atoms with Crippen LogP contribution in [0.2, 0.25) is 0 Å². The topological polar surface area (TPSA) is 35.5 Å². The normalized spacial score (nSPS) is 9.78. The summed E-state index contributed by atoms with van der Waals surface area (Å²) in [6, 6.07) is 22.6. The van der Waals surface area contributed by atoms with Crippen LogP contribution in [0.4, 0.5) is 0 Å². The molecule has 140 valence electrons. The Kier molecular flexibility index (Phi) is 7.63. The van der Waals surface area contributed by atoms with Crippen molar-refractivity contribution in [1.29, 1.82) is 0 Å². The molecule has 0 aliphatic heterocycles. The van der Waals surface area contributed by atoms with E-state index >= 15 is 0 Å². The number of aryl methyl sites for hydroxylation is 2. The minimum Gasteiger partial charge on any atom is -0.488 e. The van der Waals surface area contributed by atoms with Gasteiger partial charge in [0.1, 0.15) is 18.1 Å². The molecule has 0 bridgehead atoms. The summed E-state index contributed by atoms with van der Waals surface area (Å²) in [5, 5.41) is 0. The number of hydrogen-bond acceptors (Lipinski definition) is 3. The molecule has 3 nitrogen and oxygen atoms in total. The van der Waals surface area contributed by atoms with Crippen molar-refractivity contribution in [2.45, 2.75) is 34.3 Å². The van der Waals surface area contributed by atoms with Crippen molar-refractivity contribution in [3.63, 3.8) is 0 Å². The smallest absolute Gasteiger partial charge is 0.343 e. The summed E-state index contributed by atoms with van der Waals surface area (Å²) in [4.78, 5) is 12.2. The molecule has 0 atom stereocenters. The lowest BCUT2D eigenvalue weighted by atomic mass is 10.1. The van der Waals surface area contributed by atoms with Gasteiger partial charge in [0.15, 0.2) is 0 Å². The third-order valence-corrected chi connectivity index (χ3v) is 3.88. The lowest BCUT2D eigenvalue weighted by molar-refractivity contribution is 0.0734. The average molecular weight is 362 g/mol. The Labute approximate surface area is 161 Å². The lowest BCUT2D eigenvalue weighted by Gasteiger charge is -2.14. The number of rotatable bonds is 5. The number of esters is 1. The number of carbonyl (C=O) groups excluding carboxylic acids is 1. The molecular weight excluding hydrogens is 336 g/mol. The zero-order valence-corrected chi connectivity index (χ0v) is 16.4. The van der Waals surface area contributed by atoms with Gasteiger partial charge in [0.05, 0.1) is 5.56 Å². The van der Waals surface area contributed by atoms with Crippen molar-refractivity contribution in [2.24, 2.45) is 0 Å². The molecule has 0 radical (unpaired) electrons. The van der Waals surface area contributed by atoms with E-state index in [2.05, 4.69) is 0 Å². The Hall–Kier alpha value is -3.07. The minimum atomic E-state index is -0.364. The summed E-state index contributed by atoms with van der Waals surface area (Å²) in [6.45, 7) is 8.41. The van der Waals surface area contributed by atoms with Gasteiger partial charge in [-0.1, -0.05) is 62.4 Å². The van der Waals surface area contributed by atoms with Crippen LogP contribution >= 0.6 is 0 Å². The van der Waals surface area contributed by atoms with Crippen LogP contribution in [0.15, 0.2) is 72.8 Å². The Morgan fingerprint density at radius 3 is 1.89 bits per heavy atom. The van der Waals surface area contributed by atoms with Crippen LogP contribution in [0.5, 0.6) is 11.5 Å². The highest BCUT2D eigenvalue weighted by atomic mass is 16.5. The second-order valence-corrected chi connectivity index (χ2v) is 5.92. The largest absolute Gasteiger partial charge is 0.488 e. The maximum Gasteiger partial charge on any atom is 0.343 e. The lowest BCUT2D eigenvalue weighted by Crippen LogP contribution is -2.09. The van der Waals surface area contributed by atoms with Crippen LogP contribution in [0.25, 0.3) is 0 Å². The average Bonchev–Trinajstić information content (AvgIpc) is 2.70. The Balaban J connectivity index is 0.00000126. The number of hydrogen-bond donors (Lipinski definition) is 0. The predicted molar refractivity (Wildman–Crippen MR) is 109 cm³/mol. The molecule has 0 heterocycles. The highest BCUT2D eigenvalue weighted by molar-refractivity contribution is 5.91. The van der Waals surface area contributed by atoms with Crippen LogP contribution in [0, 0.1) is 13.8 Å². The maximum absolute atomic E-state index is 12.2. The second kappa shape index (κ2) is 10.2. The van der Waals surface area contributed by atoms with Gasteiger partial charge in [-0.25, -0.2) is 4.79 Å². The minimum absolute atomic E-state index is 0.364. The van der Waals surface area contributed by atoms with E-state index in [-0.39, 0.29) is 5.97 Å². The van der Waals surface area contributed by atoms with Crippen molar-refractivity contribution in [1.82, 2.24) is 0 Å². The van der Waals surface area contributed by atoms with Crippen LogP contribution in [-0.4, -0.2) is 5.97 Å². The van der Waals surface area contributed by atoms with Gasteiger partial charge in [-0.2, -0.15) is 0 Å². The molecule has 0 N–H and O–H groups in total. The highest BCUT2D eigenvalue weighted by Crippen LogP contribution is 2.29. The molecule has 0 spiro atoms. The van der Waals surface area contributed by atoms with Crippen molar-refractivity contribution in [3.05, 3.63) is 95.1 Å². The van der Waals surface area contributed by atoms with E-state index in [1.54, 1.807) is 12.1 Å². The van der Waals surface area contributed by atoms with Crippen LogP contribution in [0.1, 0.15) is 40.9 Å². The van der Waals surface area contributed by atoms with Crippen molar-refractivity contribution < 1.29 is 14.3 Å². The third kappa shape index (κ3) is 5.71. The summed E-state index contributed by atoms with van der Waals surface area (Å²) < 4.78 is 11.4. The first-order valence-electron chi connectivity index (χ1n) is 9.18. The van der Waals surface area contributed by atoms with Crippen LogP contribution in [0.3, 0.4) is 0 Å². The monoisotopic (exact) mass is 362 g/mol. The van der Waals surface area contributed by atoms with Gasteiger partial charge in [-0.05, 0) is 54.8 Å². The number of ether oxygens (including phenoxy) is 2. The fourth-order valence-electron chi connectivity index (χ4n) is 2.67. The molecule has 0 saturated carbocycles. The summed E-state index contributed by atoms with van der Waals surface area (Å²) >= 11 is 0. The maximum atomic E-state index is 12.2. The Morgan fingerprint density at radius 1 is 0.815 bits per heavy atom. The molecule has 0 amide bonds. The zero-order chi connectivity index (χ0) is 19.6. The van der Waals surface area contributed by atoms with Gasteiger partial charge in [0, 0.05) is 0 Å². The first-order chi connectivity index (χ1) is 13.1. The number of carbonyl (C=O) groups is 1. The van der Waals surface area contributed by atoms with E-state index in [1.165, 1.54) is 0 Å². The Bertz CT molecular complexity index is 832. The summed E-state index contributed by atoms with van der Waals surface area (Å²) in [6.07, 6.45) is 0. The first-order valence-corrected chi connectivity index (χ1v) is 9.18. The van der Waals surface area contributed by atoms with Crippen molar-refractivity contribution in [2.75, 3.05) is 0 Å². The predicted octanol–water partition coefficient (Wildman–Crippen LogP) is 6.13. The van der Waals surface area contributed by atoms with E-state index in [4.69, 9.17) is 9.47 Å². The van der Waals surface area contributed by atoms with E-state index in [0.717, 1.165) is 22.4 Å². The molecule has 27 heavy (non-hydrogen) atoms. The van der Waals surface area contributed by atoms with E-state index in [9.17, 15) is 4.79 Å². The SMILES string of the molecule is CC.Cc1cc(OC(=O)c2ccccc2)cc(C)c1OCc1ccccc1. The zero-order valence-electron chi connectivity index (χ0n) is 16.4. The van der Waals surface area contributed by atoms with E-state index < -0.39 is 0 Å². The van der Waals surface area contributed by atoms with Gasteiger partial charge in [0.2, 0.25) is 0 Å². The molecule has 0 saturated heterocycles. The van der Waals surface area contributed by atoms with Crippen LogP contribution in [-0.2, 0) is 6.61 Å². The molecular formula is C24H26O3. The fraction of sp³-hybridized carbons (Fsp3) is 0.208. The van der Waals surface area contributed by atoms with Gasteiger partial charge < -0.3 is 9.47 Å². The second-order valence-electron chi connectivity index (χ2n) is 5.92. The standard InChI is InChI=1S/C22H20O3.C2H6/c1-16-13-20(25-22(23)19-11-7-4-8-12-19)14-17(2)21(16)24-15-18-9-5-3-6-10-18;1-2/h3-14H,15H2,1-2H3;1-2H3. The molecule has 3 rings (SSSR count). The first kappa shape index (κ1) is 20.2. The highest BCUT2D eigenvalue weighted by Gasteiger charge is 2.12. The van der Waals surface area contributed by atoms with E-state index in [1.807, 2.05) is 88.4 Å². The molecule has 3 heteroatoms. The molecule has 0 aromatic heterocycles. The molecule has 3 aromatic carbocycles. The Morgan fingerprint density at radius 2 is 1.33 bits per heavy atom. The molecule has 0 aliphatic rings. The summed E-state index contributed by atoms with van der Waals surface area (Å²) in [5.41, 5.74) is 3.52. The molecule has 0 fully saturated rings. The quantitative estimate of drug-likeness (QED) is 0.405.